The third-order valence-corrected chi connectivity index (χ3v) is 3.69. The normalized spacial score (nSPS) is 12.0. The highest BCUT2D eigenvalue weighted by Gasteiger charge is 2.18. The number of carbonyl (C=O) groups is 1. The number of nitrogens with one attached hydrogen (secondary N) is 1. The van der Waals surface area contributed by atoms with E-state index in [0.29, 0.717) is 45.9 Å². The summed E-state index contributed by atoms with van der Waals surface area (Å²) in [5.74, 6) is 1.74. The van der Waals surface area contributed by atoms with Crippen LogP contribution in [-0.2, 0) is 0 Å². The SMILES string of the molecule is CCOc1c(Cl)cc(C(=O)Nc2ccc3c(c2)OCO3)cc1OC. The smallest absolute Gasteiger partial charge is 0.255 e. The van der Waals surface area contributed by atoms with Crippen LogP contribution in [-0.4, -0.2) is 26.4 Å². The highest BCUT2D eigenvalue weighted by molar-refractivity contribution is 6.32. The summed E-state index contributed by atoms with van der Waals surface area (Å²) in [6.07, 6.45) is 0. The van der Waals surface area contributed by atoms with Crippen molar-refractivity contribution in [2.24, 2.45) is 0 Å². The summed E-state index contributed by atoms with van der Waals surface area (Å²) in [6, 6.07) is 8.30. The molecule has 24 heavy (non-hydrogen) atoms. The van der Waals surface area contributed by atoms with E-state index in [2.05, 4.69) is 5.32 Å². The van der Waals surface area contributed by atoms with E-state index in [0.717, 1.165) is 0 Å². The Labute approximate surface area is 144 Å². The fraction of sp³-hybridized carbons (Fsp3) is 0.235. The zero-order chi connectivity index (χ0) is 17.1. The van der Waals surface area contributed by atoms with Crippen LogP contribution < -0.4 is 24.3 Å². The highest BCUT2D eigenvalue weighted by Crippen LogP contribution is 2.37. The molecule has 1 heterocycles. The minimum atomic E-state index is -0.322. The van der Waals surface area contributed by atoms with Gasteiger partial charge in [-0.05, 0) is 31.2 Å². The molecule has 0 aromatic heterocycles. The number of carbonyl (C=O) groups excluding carboxylic acids is 1. The second-order valence-corrected chi connectivity index (χ2v) is 5.35. The highest BCUT2D eigenvalue weighted by atomic mass is 35.5. The van der Waals surface area contributed by atoms with Crippen LogP contribution >= 0.6 is 11.6 Å². The van der Waals surface area contributed by atoms with Crippen molar-refractivity contribution in [3.63, 3.8) is 0 Å². The number of benzene rings is 2. The molecular weight excluding hydrogens is 334 g/mol. The van der Waals surface area contributed by atoms with Crippen LogP contribution in [0.2, 0.25) is 5.02 Å². The zero-order valence-electron chi connectivity index (χ0n) is 13.2. The standard InChI is InChI=1S/C17H16ClNO5/c1-3-22-16-12(18)6-10(7-15(16)21-2)17(20)19-11-4-5-13-14(8-11)24-9-23-13/h4-8H,3,9H2,1-2H3,(H,19,20). The minimum Gasteiger partial charge on any atom is -0.493 e. The van der Waals surface area contributed by atoms with Crippen LogP contribution in [0.15, 0.2) is 30.3 Å². The van der Waals surface area contributed by atoms with Crippen molar-refractivity contribution in [1.29, 1.82) is 0 Å². The minimum absolute atomic E-state index is 0.179. The van der Waals surface area contributed by atoms with Gasteiger partial charge in [-0.3, -0.25) is 4.79 Å². The fourth-order valence-electron chi connectivity index (χ4n) is 2.31. The lowest BCUT2D eigenvalue weighted by Gasteiger charge is -2.13. The maximum atomic E-state index is 12.5. The molecule has 0 atom stereocenters. The van der Waals surface area contributed by atoms with Gasteiger partial charge in [0.05, 0.1) is 18.7 Å². The predicted molar refractivity (Wildman–Crippen MR) is 89.7 cm³/mol. The lowest BCUT2D eigenvalue weighted by molar-refractivity contribution is 0.102. The quantitative estimate of drug-likeness (QED) is 0.891. The second-order valence-electron chi connectivity index (χ2n) is 4.94. The Hall–Kier alpha value is -2.60. The van der Waals surface area contributed by atoms with Crippen molar-refractivity contribution < 1.29 is 23.7 Å². The van der Waals surface area contributed by atoms with Crippen molar-refractivity contribution in [1.82, 2.24) is 0 Å². The molecule has 1 N–H and O–H groups in total. The van der Waals surface area contributed by atoms with Crippen LogP contribution in [0, 0.1) is 0 Å². The summed E-state index contributed by atoms with van der Waals surface area (Å²) in [5, 5.41) is 3.10. The van der Waals surface area contributed by atoms with E-state index < -0.39 is 0 Å². The van der Waals surface area contributed by atoms with Crippen LogP contribution in [0.3, 0.4) is 0 Å². The summed E-state index contributed by atoms with van der Waals surface area (Å²) in [6.45, 7) is 2.47. The third-order valence-electron chi connectivity index (χ3n) is 3.41. The van der Waals surface area contributed by atoms with Crippen molar-refractivity contribution >= 4 is 23.2 Å². The average Bonchev–Trinajstić information content (AvgIpc) is 3.04. The Morgan fingerprint density at radius 3 is 2.79 bits per heavy atom. The predicted octanol–water partition coefficient (Wildman–Crippen LogP) is 3.73. The van der Waals surface area contributed by atoms with Gasteiger partial charge < -0.3 is 24.3 Å². The summed E-state index contributed by atoms with van der Waals surface area (Å²) in [5.41, 5.74) is 0.950. The van der Waals surface area contributed by atoms with E-state index >= 15 is 0 Å². The van der Waals surface area contributed by atoms with E-state index in [4.69, 9.17) is 30.5 Å². The number of amides is 1. The molecule has 0 fully saturated rings. The number of halogens is 1. The number of fused-ring (bicyclic) bond motifs is 1. The average molecular weight is 350 g/mol. The van der Waals surface area contributed by atoms with E-state index in [9.17, 15) is 4.79 Å². The summed E-state index contributed by atoms with van der Waals surface area (Å²) in [7, 11) is 1.49. The van der Waals surface area contributed by atoms with Crippen molar-refractivity contribution in [2.75, 3.05) is 25.8 Å². The molecule has 0 saturated carbocycles. The molecule has 1 amide bonds. The topological polar surface area (TPSA) is 66.0 Å². The first kappa shape index (κ1) is 16.3. The number of anilines is 1. The maximum Gasteiger partial charge on any atom is 0.255 e. The third kappa shape index (κ3) is 3.19. The van der Waals surface area contributed by atoms with Crippen molar-refractivity contribution in [3.8, 4) is 23.0 Å². The van der Waals surface area contributed by atoms with Crippen LogP contribution in [0.1, 0.15) is 17.3 Å². The molecule has 7 heteroatoms. The van der Waals surface area contributed by atoms with E-state index in [-0.39, 0.29) is 12.7 Å². The molecule has 0 spiro atoms. The zero-order valence-corrected chi connectivity index (χ0v) is 14.0. The lowest BCUT2D eigenvalue weighted by Crippen LogP contribution is -2.12. The molecular formula is C17H16ClNO5. The number of methoxy groups -OCH3 is 1. The summed E-state index contributed by atoms with van der Waals surface area (Å²) in [4.78, 5) is 12.5. The molecule has 6 nitrogen and oxygen atoms in total. The van der Waals surface area contributed by atoms with E-state index in [1.54, 1.807) is 24.3 Å². The van der Waals surface area contributed by atoms with Gasteiger partial charge in [-0.15, -0.1) is 0 Å². The fourth-order valence-corrected chi connectivity index (χ4v) is 2.58. The van der Waals surface area contributed by atoms with Gasteiger partial charge in [-0.25, -0.2) is 0 Å². The first-order chi connectivity index (χ1) is 11.6. The first-order valence-corrected chi connectivity index (χ1v) is 7.71. The molecule has 0 saturated heterocycles. The van der Waals surface area contributed by atoms with E-state index in [1.165, 1.54) is 13.2 Å². The molecule has 0 unspecified atom stereocenters. The number of rotatable bonds is 5. The molecule has 3 rings (SSSR count). The van der Waals surface area contributed by atoms with Gasteiger partial charge in [-0.2, -0.15) is 0 Å². The van der Waals surface area contributed by atoms with Gasteiger partial charge in [-0.1, -0.05) is 11.6 Å². The molecule has 0 radical (unpaired) electrons. The Balaban J connectivity index is 1.83. The Kier molecular flexibility index (Phi) is 4.66. The monoisotopic (exact) mass is 349 g/mol. The Morgan fingerprint density at radius 2 is 2.04 bits per heavy atom. The number of ether oxygens (including phenoxy) is 4. The molecule has 0 bridgehead atoms. The van der Waals surface area contributed by atoms with Crippen LogP contribution in [0.5, 0.6) is 23.0 Å². The summed E-state index contributed by atoms with van der Waals surface area (Å²) >= 11 is 6.19. The van der Waals surface area contributed by atoms with Crippen LogP contribution in [0.25, 0.3) is 0 Å². The second kappa shape index (κ2) is 6.88. The van der Waals surface area contributed by atoms with Gasteiger partial charge in [0.2, 0.25) is 6.79 Å². The van der Waals surface area contributed by atoms with Crippen molar-refractivity contribution in [2.45, 2.75) is 6.92 Å². The van der Waals surface area contributed by atoms with Gasteiger partial charge in [0, 0.05) is 17.3 Å². The van der Waals surface area contributed by atoms with Gasteiger partial charge in [0.25, 0.3) is 5.91 Å². The van der Waals surface area contributed by atoms with Gasteiger partial charge >= 0.3 is 0 Å². The largest absolute Gasteiger partial charge is 0.493 e. The van der Waals surface area contributed by atoms with Crippen LogP contribution in [0.4, 0.5) is 5.69 Å². The maximum absolute atomic E-state index is 12.5. The number of hydrogen-bond acceptors (Lipinski definition) is 5. The van der Waals surface area contributed by atoms with Crippen molar-refractivity contribution in [3.05, 3.63) is 40.9 Å². The Morgan fingerprint density at radius 1 is 1.25 bits per heavy atom. The molecule has 2 aromatic rings. The number of hydrogen-bond donors (Lipinski definition) is 1. The van der Waals surface area contributed by atoms with Gasteiger partial charge in [0.15, 0.2) is 23.0 Å². The lowest BCUT2D eigenvalue weighted by atomic mass is 10.1. The Bertz CT molecular complexity index is 778. The van der Waals surface area contributed by atoms with E-state index in [1.807, 2.05) is 6.92 Å². The first-order valence-electron chi connectivity index (χ1n) is 7.33. The molecule has 1 aliphatic rings. The molecule has 2 aromatic carbocycles. The summed E-state index contributed by atoms with van der Waals surface area (Å²) < 4.78 is 21.2. The molecule has 0 aliphatic carbocycles. The van der Waals surface area contributed by atoms with Gasteiger partial charge in [0.1, 0.15) is 0 Å². The molecule has 126 valence electrons. The molecule has 1 aliphatic heterocycles.